The first-order valence-corrected chi connectivity index (χ1v) is 9.39. The molecular formula is C21H30O2. The number of rotatable bonds is 2. The van der Waals surface area contributed by atoms with Gasteiger partial charge >= 0.3 is 0 Å². The van der Waals surface area contributed by atoms with E-state index in [1.807, 2.05) is 6.92 Å². The summed E-state index contributed by atoms with van der Waals surface area (Å²) in [5, 5.41) is 10.3. The number of hydrogen-bond donors (Lipinski definition) is 1. The second-order valence-corrected chi connectivity index (χ2v) is 8.45. The second kappa shape index (κ2) is 5.51. The van der Waals surface area contributed by atoms with E-state index in [-0.39, 0.29) is 6.10 Å². The SMILES string of the molecule is COc1ccc2c(c1)CC[C@@H]1[C@@H]2CC[C@]2(C)[C@@H](C(C)O)CC[C@@H]12. The van der Waals surface area contributed by atoms with Gasteiger partial charge in [-0.1, -0.05) is 13.0 Å². The number of aryl methyl sites for hydroxylation is 1. The summed E-state index contributed by atoms with van der Waals surface area (Å²) in [6.45, 7) is 4.48. The van der Waals surface area contributed by atoms with Crippen molar-refractivity contribution in [2.24, 2.45) is 23.2 Å². The van der Waals surface area contributed by atoms with Crippen LogP contribution in [0.1, 0.15) is 63.0 Å². The summed E-state index contributed by atoms with van der Waals surface area (Å²) >= 11 is 0. The Morgan fingerprint density at radius 3 is 2.78 bits per heavy atom. The van der Waals surface area contributed by atoms with E-state index in [2.05, 4.69) is 25.1 Å². The number of benzene rings is 1. The maximum Gasteiger partial charge on any atom is 0.119 e. The number of ether oxygens (including phenoxy) is 1. The third-order valence-electron chi connectivity index (χ3n) is 7.59. The van der Waals surface area contributed by atoms with Gasteiger partial charge in [0, 0.05) is 0 Å². The predicted octanol–water partition coefficient (Wildman–Crippen LogP) is 4.55. The minimum atomic E-state index is -0.151. The molecule has 0 radical (unpaired) electrons. The van der Waals surface area contributed by atoms with E-state index < -0.39 is 0 Å². The molecule has 1 N–H and O–H groups in total. The van der Waals surface area contributed by atoms with Gasteiger partial charge in [-0.3, -0.25) is 0 Å². The van der Waals surface area contributed by atoms with E-state index in [0.29, 0.717) is 11.3 Å². The van der Waals surface area contributed by atoms with Crippen molar-refractivity contribution in [3.63, 3.8) is 0 Å². The summed E-state index contributed by atoms with van der Waals surface area (Å²) in [6, 6.07) is 6.73. The van der Waals surface area contributed by atoms with Crippen LogP contribution in [0.5, 0.6) is 5.75 Å². The Hall–Kier alpha value is -1.02. The molecule has 0 saturated heterocycles. The zero-order chi connectivity index (χ0) is 16.2. The molecule has 0 aromatic heterocycles. The molecule has 2 nitrogen and oxygen atoms in total. The van der Waals surface area contributed by atoms with Gasteiger partial charge in [-0.2, -0.15) is 0 Å². The van der Waals surface area contributed by atoms with Crippen molar-refractivity contribution in [2.45, 2.75) is 64.4 Å². The molecule has 1 aromatic carbocycles. The predicted molar refractivity (Wildman–Crippen MR) is 92.8 cm³/mol. The summed E-state index contributed by atoms with van der Waals surface area (Å²) in [4.78, 5) is 0. The van der Waals surface area contributed by atoms with E-state index in [0.717, 1.165) is 23.5 Å². The van der Waals surface area contributed by atoms with Crippen LogP contribution in [0.15, 0.2) is 18.2 Å². The molecule has 0 heterocycles. The molecule has 1 unspecified atom stereocenters. The molecule has 2 fully saturated rings. The Morgan fingerprint density at radius 1 is 1.22 bits per heavy atom. The van der Waals surface area contributed by atoms with Crippen molar-refractivity contribution in [1.82, 2.24) is 0 Å². The Labute approximate surface area is 140 Å². The Morgan fingerprint density at radius 2 is 2.04 bits per heavy atom. The van der Waals surface area contributed by atoms with E-state index in [1.54, 1.807) is 12.7 Å². The van der Waals surface area contributed by atoms with Crippen LogP contribution < -0.4 is 4.74 Å². The fourth-order valence-electron chi connectivity index (χ4n) is 6.52. The Balaban J connectivity index is 1.65. The minimum absolute atomic E-state index is 0.151. The average molecular weight is 314 g/mol. The zero-order valence-electron chi connectivity index (χ0n) is 14.7. The summed E-state index contributed by atoms with van der Waals surface area (Å²) in [6.07, 6.45) is 7.47. The Kier molecular flexibility index (Phi) is 3.72. The van der Waals surface area contributed by atoms with Gasteiger partial charge in [0.15, 0.2) is 0 Å². The van der Waals surface area contributed by atoms with Crippen molar-refractivity contribution < 1.29 is 9.84 Å². The third kappa shape index (κ3) is 2.25. The zero-order valence-corrected chi connectivity index (χ0v) is 14.7. The summed E-state index contributed by atoms with van der Waals surface area (Å²) < 4.78 is 5.41. The number of aliphatic hydroxyl groups excluding tert-OH is 1. The number of methoxy groups -OCH3 is 1. The van der Waals surface area contributed by atoms with Crippen molar-refractivity contribution >= 4 is 0 Å². The highest BCUT2D eigenvalue weighted by molar-refractivity contribution is 5.40. The van der Waals surface area contributed by atoms with Gasteiger partial charge in [-0.25, -0.2) is 0 Å². The third-order valence-corrected chi connectivity index (χ3v) is 7.59. The quantitative estimate of drug-likeness (QED) is 0.868. The lowest BCUT2D eigenvalue weighted by Crippen LogP contribution is -2.44. The summed E-state index contributed by atoms with van der Waals surface area (Å²) in [7, 11) is 1.76. The molecule has 6 atom stereocenters. The van der Waals surface area contributed by atoms with Crippen LogP contribution in [0, 0.1) is 23.2 Å². The molecule has 3 aliphatic carbocycles. The lowest BCUT2D eigenvalue weighted by atomic mass is 9.54. The second-order valence-electron chi connectivity index (χ2n) is 8.45. The van der Waals surface area contributed by atoms with Crippen LogP contribution in [-0.2, 0) is 6.42 Å². The van der Waals surface area contributed by atoms with E-state index in [1.165, 1.54) is 44.1 Å². The van der Waals surface area contributed by atoms with Gasteiger partial charge in [0.1, 0.15) is 5.75 Å². The highest BCUT2D eigenvalue weighted by Crippen LogP contribution is 2.63. The van der Waals surface area contributed by atoms with Gasteiger partial charge in [-0.15, -0.1) is 0 Å². The molecule has 4 rings (SSSR count). The van der Waals surface area contributed by atoms with Crippen LogP contribution >= 0.6 is 0 Å². The number of aliphatic hydroxyl groups is 1. The van der Waals surface area contributed by atoms with Crippen LogP contribution in [0.3, 0.4) is 0 Å². The monoisotopic (exact) mass is 314 g/mol. The first-order valence-electron chi connectivity index (χ1n) is 9.39. The highest BCUT2D eigenvalue weighted by Gasteiger charge is 2.55. The molecule has 0 amide bonds. The van der Waals surface area contributed by atoms with E-state index in [4.69, 9.17) is 4.74 Å². The standard InChI is InChI=1S/C21H30O2/c1-13(22)19-8-9-20-18-6-4-14-12-15(23-3)5-7-16(14)17(18)10-11-21(19,20)2/h5,7,12-13,17-20,22H,4,6,8-11H2,1-3H3/t13?,17-,18-,19-,20+,21-/m1/s1. The summed E-state index contributed by atoms with van der Waals surface area (Å²) in [5.74, 6) is 3.86. The topological polar surface area (TPSA) is 29.5 Å². The molecule has 126 valence electrons. The van der Waals surface area contributed by atoms with Crippen LogP contribution in [0.25, 0.3) is 0 Å². The van der Waals surface area contributed by atoms with E-state index in [9.17, 15) is 5.11 Å². The fourth-order valence-corrected chi connectivity index (χ4v) is 6.52. The largest absolute Gasteiger partial charge is 0.497 e. The lowest BCUT2D eigenvalue weighted by Gasteiger charge is -2.51. The van der Waals surface area contributed by atoms with Gasteiger partial charge in [0.25, 0.3) is 0 Å². The normalized spacial score (nSPS) is 40.0. The lowest BCUT2D eigenvalue weighted by molar-refractivity contribution is -0.0180. The van der Waals surface area contributed by atoms with Crippen LogP contribution in [0.2, 0.25) is 0 Å². The van der Waals surface area contributed by atoms with Gasteiger partial charge in [-0.05, 0) is 97.8 Å². The average Bonchev–Trinajstić information content (AvgIpc) is 2.91. The van der Waals surface area contributed by atoms with Crippen LogP contribution in [-0.4, -0.2) is 18.3 Å². The fraction of sp³-hybridized carbons (Fsp3) is 0.714. The van der Waals surface area contributed by atoms with Crippen molar-refractivity contribution in [3.05, 3.63) is 29.3 Å². The molecule has 23 heavy (non-hydrogen) atoms. The summed E-state index contributed by atoms with van der Waals surface area (Å²) in [5.41, 5.74) is 3.46. The molecule has 2 heteroatoms. The van der Waals surface area contributed by atoms with Crippen LogP contribution in [0.4, 0.5) is 0 Å². The molecule has 1 aromatic rings. The molecule has 3 aliphatic rings. The molecular weight excluding hydrogens is 284 g/mol. The maximum atomic E-state index is 10.3. The van der Waals surface area contributed by atoms with Crippen molar-refractivity contribution in [1.29, 1.82) is 0 Å². The molecule has 0 bridgehead atoms. The molecule has 2 saturated carbocycles. The molecule has 0 spiro atoms. The Bertz CT molecular complexity index is 594. The van der Waals surface area contributed by atoms with Gasteiger partial charge in [0.2, 0.25) is 0 Å². The number of hydrogen-bond acceptors (Lipinski definition) is 2. The van der Waals surface area contributed by atoms with Gasteiger partial charge < -0.3 is 9.84 Å². The van der Waals surface area contributed by atoms with Crippen molar-refractivity contribution in [2.75, 3.05) is 7.11 Å². The minimum Gasteiger partial charge on any atom is -0.497 e. The first kappa shape index (κ1) is 15.5. The maximum absolute atomic E-state index is 10.3. The van der Waals surface area contributed by atoms with Gasteiger partial charge in [0.05, 0.1) is 13.2 Å². The molecule has 0 aliphatic heterocycles. The van der Waals surface area contributed by atoms with Crippen molar-refractivity contribution in [3.8, 4) is 5.75 Å². The highest BCUT2D eigenvalue weighted by atomic mass is 16.5. The smallest absolute Gasteiger partial charge is 0.119 e. The first-order chi connectivity index (χ1) is 11.0. The number of fused-ring (bicyclic) bond motifs is 5. The van der Waals surface area contributed by atoms with E-state index >= 15 is 0 Å².